The molecule has 6 nitrogen and oxygen atoms in total. The predicted molar refractivity (Wildman–Crippen MR) is 49.3 cm³/mol. The number of likely N-dealkylation sites (N-methyl/N-ethyl adjacent to an activating group) is 1. The molecule has 6 heteroatoms. The molecule has 1 aromatic rings. The van der Waals surface area contributed by atoms with Gasteiger partial charge < -0.3 is 15.2 Å². The molecule has 0 bridgehead atoms. The molecule has 1 amide bonds. The number of nitrogens with one attached hydrogen (secondary N) is 2. The first kappa shape index (κ1) is 10.6. The van der Waals surface area contributed by atoms with Crippen molar-refractivity contribution in [2.24, 2.45) is 0 Å². The number of hydrogen-bond acceptors (Lipinski definition) is 5. The van der Waals surface area contributed by atoms with Crippen LogP contribution in [0.1, 0.15) is 19.7 Å². The Labute approximate surface area is 82.1 Å². The van der Waals surface area contributed by atoms with Crippen molar-refractivity contribution in [3.8, 4) is 0 Å². The first-order chi connectivity index (χ1) is 6.56. The summed E-state index contributed by atoms with van der Waals surface area (Å²) in [5.74, 6) is 0.357. The van der Waals surface area contributed by atoms with E-state index in [1.807, 2.05) is 0 Å². The summed E-state index contributed by atoms with van der Waals surface area (Å²) in [4.78, 5) is 15.3. The highest BCUT2D eigenvalue weighted by atomic mass is 16.5. The maximum absolute atomic E-state index is 11.5. The van der Waals surface area contributed by atoms with Crippen LogP contribution in [0.25, 0.3) is 0 Å². The van der Waals surface area contributed by atoms with Crippen molar-refractivity contribution in [2.75, 3.05) is 7.05 Å². The van der Waals surface area contributed by atoms with Crippen molar-refractivity contribution in [1.29, 1.82) is 0 Å². The Balaban J connectivity index is 2.43. The van der Waals surface area contributed by atoms with E-state index < -0.39 is 5.54 Å². The Morgan fingerprint density at radius 2 is 2.36 bits per heavy atom. The summed E-state index contributed by atoms with van der Waals surface area (Å²) in [6, 6.07) is 0. The van der Waals surface area contributed by atoms with Crippen LogP contribution in [0.3, 0.4) is 0 Å². The van der Waals surface area contributed by atoms with Crippen molar-refractivity contribution in [1.82, 2.24) is 20.8 Å². The second kappa shape index (κ2) is 4.19. The molecule has 78 valence electrons. The SMILES string of the molecule is CNC(C)(C)C(=O)NCc1ncon1. The van der Waals surface area contributed by atoms with Gasteiger partial charge in [0, 0.05) is 0 Å². The zero-order chi connectivity index (χ0) is 10.6. The summed E-state index contributed by atoms with van der Waals surface area (Å²) in [5, 5.41) is 9.16. The van der Waals surface area contributed by atoms with Crippen LogP contribution in [0.2, 0.25) is 0 Å². The lowest BCUT2D eigenvalue weighted by atomic mass is 10.1. The largest absolute Gasteiger partial charge is 0.347 e. The molecule has 0 atom stereocenters. The zero-order valence-electron chi connectivity index (χ0n) is 8.50. The number of aromatic nitrogens is 2. The summed E-state index contributed by atoms with van der Waals surface area (Å²) in [6.07, 6.45) is 1.23. The molecular formula is C8H14N4O2. The minimum Gasteiger partial charge on any atom is -0.347 e. The highest BCUT2D eigenvalue weighted by molar-refractivity contribution is 5.85. The van der Waals surface area contributed by atoms with Crippen LogP contribution in [-0.4, -0.2) is 28.6 Å². The van der Waals surface area contributed by atoms with E-state index in [1.165, 1.54) is 6.39 Å². The van der Waals surface area contributed by atoms with Gasteiger partial charge >= 0.3 is 0 Å². The van der Waals surface area contributed by atoms with E-state index in [2.05, 4.69) is 25.3 Å². The summed E-state index contributed by atoms with van der Waals surface area (Å²) >= 11 is 0. The Kier molecular flexibility index (Phi) is 3.19. The third-order valence-electron chi connectivity index (χ3n) is 2.01. The summed E-state index contributed by atoms with van der Waals surface area (Å²) in [6.45, 7) is 3.86. The van der Waals surface area contributed by atoms with Gasteiger partial charge in [-0.15, -0.1) is 0 Å². The van der Waals surface area contributed by atoms with Crippen molar-refractivity contribution in [3.63, 3.8) is 0 Å². The Morgan fingerprint density at radius 3 is 2.86 bits per heavy atom. The van der Waals surface area contributed by atoms with Gasteiger partial charge in [0.15, 0.2) is 5.82 Å². The van der Waals surface area contributed by atoms with E-state index in [0.29, 0.717) is 5.82 Å². The molecule has 0 spiro atoms. The zero-order valence-corrected chi connectivity index (χ0v) is 8.50. The average molecular weight is 198 g/mol. The van der Waals surface area contributed by atoms with Crippen LogP contribution in [0, 0.1) is 0 Å². The minimum absolute atomic E-state index is 0.107. The lowest BCUT2D eigenvalue weighted by molar-refractivity contribution is -0.126. The lowest BCUT2D eigenvalue weighted by Gasteiger charge is -2.22. The molecule has 14 heavy (non-hydrogen) atoms. The van der Waals surface area contributed by atoms with Crippen LogP contribution < -0.4 is 10.6 Å². The van der Waals surface area contributed by atoms with Crippen LogP contribution in [0.15, 0.2) is 10.9 Å². The maximum Gasteiger partial charge on any atom is 0.240 e. The molecule has 0 aliphatic rings. The van der Waals surface area contributed by atoms with E-state index in [0.717, 1.165) is 0 Å². The third kappa shape index (κ3) is 2.53. The second-order valence-corrected chi connectivity index (χ2v) is 3.41. The number of carbonyl (C=O) groups excluding carboxylic acids is 1. The lowest BCUT2D eigenvalue weighted by Crippen LogP contribution is -2.50. The molecule has 0 aliphatic heterocycles. The van der Waals surface area contributed by atoms with Gasteiger partial charge in [-0.3, -0.25) is 4.79 Å². The van der Waals surface area contributed by atoms with Gasteiger partial charge in [0.1, 0.15) is 0 Å². The summed E-state index contributed by atoms with van der Waals surface area (Å²) in [7, 11) is 1.73. The van der Waals surface area contributed by atoms with Crippen LogP contribution in [0.5, 0.6) is 0 Å². The molecule has 0 saturated carbocycles. The highest BCUT2D eigenvalue weighted by Crippen LogP contribution is 2.00. The Hall–Kier alpha value is -1.43. The molecule has 0 aromatic carbocycles. The van der Waals surface area contributed by atoms with Gasteiger partial charge in [-0.1, -0.05) is 5.16 Å². The van der Waals surface area contributed by atoms with Gasteiger partial charge in [-0.25, -0.2) is 0 Å². The van der Waals surface area contributed by atoms with Crippen LogP contribution in [-0.2, 0) is 11.3 Å². The number of rotatable bonds is 4. The van der Waals surface area contributed by atoms with Crippen molar-refractivity contribution < 1.29 is 9.32 Å². The van der Waals surface area contributed by atoms with Gasteiger partial charge in [0.2, 0.25) is 12.3 Å². The second-order valence-electron chi connectivity index (χ2n) is 3.41. The normalized spacial score (nSPS) is 11.4. The standard InChI is InChI=1S/C8H14N4O2/c1-8(2,9-3)7(13)10-4-6-11-5-14-12-6/h5,9H,4H2,1-3H3,(H,10,13). The topological polar surface area (TPSA) is 80.0 Å². The number of nitrogens with zero attached hydrogens (tertiary/aromatic N) is 2. The van der Waals surface area contributed by atoms with Gasteiger partial charge in [0.05, 0.1) is 12.1 Å². The number of amides is 1. The molecule has 1 aromatic heterocycles. The Bertz CT molecular complexity index is 294. The van der Waals surface area contributed by atoms with E-state index in [9.17, 15) is 4.79 Å². The first-order valence-corrected chi connectivity index (χ1v) is 4.28. The average Bonchev–Trinajstić information content (AvgIpc) is 2.66. The van der Waals surface area contributed by atoms with Gasteiger partial charge in [-0.05, 0) is 20.9 Å². The van der Waals surface area contributed by atoms with Crippen LogP contribution >= 0.6 is 0 Å². The fourth-order valence-corrected chi connectivity index (χ4v) is 0.764. The molecule has 0 fully saturated rings. The van der Waals surface area contributed by atoms with Gasteiger partial charge in [-0.2, -0.15) is 4.98 Å². The maximum atomic E-state index is 11.5. The monoisotopic (exact) mass is 198 g/mol. The quantitative estimate of drug-likeness (QED) is 0.693. The van der Waals surface area contributed by atoms with Crippen LogP contribution in [0.4, 0.5) is 0 Å². The van der Waals surface area contributed by atoms with E-state index in [4.69, 9.17) is 0 Å². The smallest absolute Gasteiger partial charge is 0.240 e. The predicted octanol–water partition coefficient (Wildman–Crippen LogP) is -0.316. The van der Waals surface area contributed by atoms with E-state index in [1.54, 1.807) is 20.9 Å². The van der Waals surface area contributed by atoms with Crippen molar-refractivity contribution in [3.05, 3.63) is 12.2 Å². The minimum atomic E-state index is -0.594. The van der Waals surface area contributed by atoms with Crippen molar-refractivity contribution in [2.45, 2.75) is 25.9 Å². The number of hydrogen-bond donors (Lipinski definition) is 2. The first-order valence-electron chi connectivity index (χ1n) is 4.28. The van der Waals surface area contributed by atoms with E-state index >= 15 is 0 Å². The molecule has 2 N–H and O–H groups in total. The molecule has 0 saturated heterocycles. The third-order valence-corrected chi connectivity index (χ3v) is 2.01. The summed E-state index contributed by atoms with van der Waals surface area (Å²) in [5.41, 5.74) is -0.594. The molecule has 0 aliphatic carbocycles. The fourth-order valence-electron chi connectivity index (χ4n) is 0.764. The van der Waals surface area contributed by atoms with Gasteiger partial charge in [0.25, 0.3) is 0 Å². The molecule has 1 heterocycles. The fraction of sp³-hybridized carbons (Fsp3) is 0.625. The summed E-state index contributed by atoms with van der Waals surface area (Å²) < 4.78 is 4.53. The van der Waals surface area contributed by atoms with Crippen molar-refractivity contribution >= 4 is 5.91 Å². The molecule has 1 rings (SSSR count). The Morgan fingerprint density at radius 1 is 1.64 bits per heavy atom. The molecular weight excluding hydrogens is 184 g/mol. The molecule has 0 radical (unpaired) electrons. The molecule has 0 unspecified atom stereocenters. The van der Waals surface area contributed by atoms with E-state index in [-0.39, 0.29) is 12.5 Å². The number of carbonyl (C=O) groups is 1. The highest BCUT2D eigenvalue weighted by Gasteiger charge is 2.24.